The lowest BCUT2D eigenvalue weighted by Crippen LogP contribution is -2.15. The van der Waals surface area contributed by atoms with E-state index in [1.165, 1.54) is 6.92 Å². The maximum absolute atomic E-state index is 12.9. The SMILES string of the molecule is Cc1c(F)cc(F)cc1C(=O)CN. The van der Waals surface area contributed by atoms with Crippen molar-refractivity contribution in [2.24, 2.45) is 5.73 Å². The Morgan fingerprint density at radius 3 is 2.62 bits per heavy atom. The largest absolute Gasteiger partial charge is 0.324 e. The van der Waals surface area contributed by atoms with Crippen LogP contribution < -0.4 is 5.73 Å². The molecule has 0 unspecified atom stereocenters. The lowest BCUT2D eigenvalue weighted by atomic mass is 10.0. The Morgan fingerprint density at radius 1 is 1.46 bits per heavy atom. The second kappa shape index (κ2) is 3.62. The minimum atomic E-state index is -0.764. The van der Waals surface area contributed by atoms with Crippen molar-refractivity contribution in [3.63, 3.8) is 0 Å². The lowest BCUT2D eigenvalue weighted by molar-refractivity contribution is 0.1000. The molecule has 0 spiro atoms. The lowest BCUT2D eigenvalue weighted by Gasteiger charge is -2.04. The van der Waals surface area contributed by atoms with Crippen molar-refractivity contribution >= 4 is 5.78 Å². The quantitative estimate of drug-likeness (QED) is 0.708. The molecule has 70 valence electrons. The molecule has 13 heavy (non-hydrogen) atoms. The van der Waals surface area contributed by atoms with E-state index in [2.05, 4.69) is 0 Å². The van der Waals surface area contributed by atoms with Gasteiger partial charge in [0.15, 0.2) is 5.78 Å². The van der Waals surface area contributed by atoms with E-state index in [1.54, 1.807) is 0 Å². The van der Waals surface area contributed by atoms with Gasteiger partial charge in [0.1, 0.15) is 11.6 Å². The third-order valence-corrected chi connectivity index (χ3v) is 1.79. The highest BCUT2D eigenvalue weighted by Crippen LogP contribution is 2.14. The number of ketones is 1. The van der Waals surface area contributed by atoms with Crippen LogP contribution in [-0.2, 0) is 0 Å². The van der Waals surface area contributed by atoms with Crippen LogP contribution >= 0.6 is 0 Å². The minimum Gasteiger partial charge on any atom is -0.324 e. The van der Waals surface area contributed by atoms with E-state index >= 15 is 0 Å². The normalized spacial score (nSPS) is 10.2. The summed E-state index contributed by atoms with van der Waals surface area (Å²) < 4.78 is 25.6. The molecule has 0 aromatic heterocycles. The van der Waals surface area contributed by atoms with Gasteiger partial charge in [-0.2, -0.15) is 0 Å². The van der Waals surface area contributed by atoms with Crippen molar-refractivity contribution in [2.75, 3.05) is 6.54 Å². The van der Waals surface area contributed by atoms with Gasteiger partial charge in [-0.15, -0.1) is 0 Å². The van der Waals surface area contributed by atoms with E-state index in [9.17, 15) is 13.6 Å². The predicted octanol–water partition coefficient (Wildman–Crippen LogP) is 1.41. The molecular weight excluding hydrogens is 176 g/mol. The number of carbonyl (C=O) groups is 1. The standard InChI is InChI=1S/C9H9F2NO/c1-5-7(9(13)4-12)2-6(10)3-8(5)11/h2-3H,4,12H2,1H3. The fraction of sp³-hybridized carbons (Fsp3) is 0.222. The molecule has 0 saturated heterocycles. The number of hydrogen-bond donors (Lipinski definition) is 1. The summed E-state index contributed by atoms with van der Waals surface area (Å²) in [5.74, 6) is -1.95. The third-order valence-electron chi connectivity index (χ3n) is 1.79. The first-order valence-corrected chi connectivity index (χ1v) is 3.75. The van der Waals surface area contributed by atoms with E-state index in [4.69, 9.17) is 5.73 Å². The van der Waals surface area contributed by atoms with Crippen molar-refractivity contribution in [2.45, 2.75) is 6.92 Å². The summed E-state index contributed by atoms with van der Waals surface area (Å²) >= 11 is 0. The first kappa shape index (κ1) is 9.80. The van der Waals surface area contributed by atoms with Crippen LogP contribution in [0.5, 0.6) is 0 Å². The Morgan fingerprint density at radius 2 is 2.08 bits per heavy atom. The zero-order valence-corrected chi connectivity index (χ0v) is 7.10. The van der Waals surface area contributed by atoms with Gasteiger partial charge in [0, 0.05) is 11.6 Å². The molecule has 0 amide bonds. The van der Waals surface area contributed by atoms with Gasteiger partial charge in [-0.3, -0.25) is 4.79 Å². The zero-order chi connectivity index (χ0) is 10.0. The molecule has 0 saturated carbocycles. The Hall–Kier alpha value is -1.29. The Bertz CT molecular complexity index is 350. The van der Waals surface area contributed by atoms with E-state index in [1.807, 2.05) is 0 Å². The highest BCUT2D eigenvalue weighted by atomic mass is 19.1. The van der Waals surface area contributed by atoms with Gasteiger partial charge in [-0.05, 0) is 18.6 Å². The molecule has 0 aliphatic rings. The summed E-state index contributed by atoms with van der Waals surface area (Å²) in [6.07, 6.45) is 0. The summed E-state index contributed by atoms with van der Waals surface area (Å²) in [6, 6.07) is 1.73. The van der Waals surface area contributed by atoms with Gasteiger partial charge in [-0.1, -0.05) is 0 Å². The molecule has 0 radical (unpaired) electrons. The Kier molecular flexibility index (Phi) is 2.72. The van der Waals surface area contributed by atoms with Crippen LogP contribution in [0.15, 0.2) is 12.1 Å². The smallest absolute Gasteiger partial charge is 0.176 e. The minimum absolute atomic E-state index is 0.0139. The molecule has 0 atom stereocenters. The number of hydrogen-bond acceptors (Lipinski definition) is 2. The molecule has 2 N–H and O–H groups in total. The number of benzene rings is 1. The van der Waals surface area contributed by atoms with E-state index in [0.29, 0.717) is 0 Å². The van der Waals surface area contributed by atoms with Crippen molar-refractivity contribution < 1.29 is 13.6 Å². The fourth-order valence-corrected chi connectivity index (χ4v) is 1.05. The third kappa shape index (κ3) is 1.89. The number of carbonyl (C=O) groups excluding carboxylic acids is 1. The van der Waals surface area contributed by atoms with E-state index in [0.717, 1.165) is 12.1 Å². The number of nitrogens with two attached hydrogens (primary N) is 1. The van der Waals surface area contributed by atoms with E-state index < -0.39 is 17.4 Å². The number of rotatable bonds is 2. The van der Waals surface area contributed by atoms with Crippen LogP contribution in [0.25, 0.3) is 0 Å². The average molecular weight is 185 g/mol. The Balaban J connectivity index is 3.28. The monoisotopic (exact) mass is 185 g/mol. The maximum Gasteiger partial charge on any atom is 0.176 e. The second-order valence-electron chi connectivity index (χ2n) is 2.69. The van der Waals surface area contributed by atoms with Crippen molar-refractivity contribution in [1.29, 1.82) is 0 Å². The van der Waals surface area contributed by atoms with E-state index in [-0.39, 0.29) is 17.7 Å². The van der Waals surface area contributed by atoms with Crippen LogP contribution in [-0.4, -0.2) is 12.3 Å². The molecular formula is C9H9F2NO. The molecule has 0 aliphatic heterocycles. The molecule has 4 heteroatoms. The van der Waals surface area contributed by atoms with Crippen LogP contribution in [0.4, 0.5) is 8.78 Å². The summed E-state index contributed by atoms with van der Waals surface area (Å²) in [5, 5.41) is 0. The number of Topliss-reactive ketones (excluding diaryl/α,β-unsaturated/α-hetero) is 1. The zero-order valence-electron chi connectivity index (χ0n) is 7.10. The van der Waals surface area contributed by atoms with Gasteiger partial charge >= 0.3 is 0 Å². The predicted molar refractivity (Wildman–Crippen MR) is 44.5 cm³/mol. The molecule has 2 nitrogen and oxygen atoms in total. The fourth-order valence-electron chi connectivity index (χ4n) is 1.05. The highest BCUT2D eigenvalue weighted by Gasteiger charge is 2.12. The van der Waals surface area contributed by atoms with Gasteiger partial charge < -0.3 is 5.73 Å². The summed E-state index contributed by atoms with van der Waals surface area (Å²) in [6.45, 7) is 1.17. The van der Waals surface area contributed by atoms with Crippen LogP contribution in [0.2, 0.25) is 0 Å². The summed E-state index contributed by atoms with van der Waals surface area (Å²) in [5.41, 5.74) is 5.23. The van der Waals surface area contributed by atoms with Crippen molar-refractivity contribution in [3.8, 4) is 0 Å². The molecule has 0 aliphatic carbocycles. The van der Waals surface area contributed by atoms with Crippen LogP contribution in [0.1, 0.15) is 15.9 Å². The van der Waals surface area contributed by atoms with Gasteiger partial charge in [0.05, 0.1) is 6.54 Å². The highest BCUT2D eigenvalue weighted by molar-refractivity contribution is 5.98. The van der Waals surface area contributed by atoms with Gasteiger partial charge in [0.25, 0.3) is 0 Å². The van der Waals surface area contributed by atoms with Crippen LogP contribution in [0.3, 0.4) is 0 Å². The topological polar surface area (TPSA) is 43.1 Å². The molecule has 0 bridgehead atoms. The average Bonchev–Trinajstić information content (AvgIpc) is 2.10. The summed E-state index contributed by atoms with van der Waals surface area (Å²) in [4.78, 5) is 11.1. The molecule has 1 aromatic carbocycles. The van der Waals surface area contributed by atoms with Gasteiger partial charge in [0.2, 0.25) is 0 Å². The first-order chi connectivity index (χ1) is 6.06. The molecule has 1 rings (SSSR count). The second-order valence-corrected chi connectivity index (χ2v) is 2.69. The molecule has 0 heterocycles. The van der Waals surface area contributed by atoms with Crippen molar-refractivity contribution in [1.82, 2.24) is 0 Å². The first-order valence-electron chi connectivity index (χ1n) is 3.75. The molecule has 0 fully saturated rings. The molecule has 1 aromatic rings. The van der Waals surface area contributed by atoms with Crippen LogP contribution in [0, 0.1) is 18.6 Å². The number of halogens is 2. The summed E-state index contributed by atoms with van der Waals surface area (Å²) in [7, 11) is 0. The maximum atomic E-state index is 12.9. The van der Waals surface area contributed by atoms with Gasteiger partial charge in [-0.25, -0.2) is 8.78 Å². The Labute approximate surface area is 74.4 Å². The van der Waals surface area contributed by atoms with Crippen molar-refractivity contribution in [3.05, 3.63) is 34.9 Å².